The van der Waals surface area contributed by atoms with E-state index in [4.69, 9.17) is 23.2 Å². The van der Waals surface area contributed by atoms with Crippen molar-refractivity contribution in [2.75, 3.05) is 0 Å². The molecule has 0 aliphatic carbocycles. The topological polar surface area (TPSA) is 38.0 Å². The zero-order valence-corrected chi connectivity index (χ0v) is 12.0. The van der Waals surface area contributed by atoms with Crippen molar-refractivity contribution in [1.29, 1.82) is 0 Å². The van der Waals surface area contributed by atoms with Gasteiger partial charge in [0.2, 0.25) is 0 Å². The van der Waals surface area contributed by atoms with Gasteiger partial charge in [-0.25, -0.2) is 4.98 Å². The SMILES string of the molecule is CCc1cnc2n1CC(c1c(O)ccc(Cl)c1Cl)C2. The van der Waals surface area contributed by atoms with Crippen LogP contribution in [0.25, 0.3) is 0 Å². The zero-order chi connectivity index (χ0) is 13.6. The number of fused-ring (bicyclic) bond motifs is 1. The van der Waals surface area contributed by atoms with Crippen LogP contribution in [-0.2, 0) is 19.4 Å². The minimum absolute atomic E-state index is 0.139. The van der Waals surface area contributed by atoms with Crippen LogP contribution in [-0.4, -0.2) is 14.7 Å². The number of nitrogens with zero attached hydrogens (tertiary/aromatic N) is 2. The summed E-state index contributed by atoms with van der Waals surface area (Å²) in [5.74, 6) is 1.40. The molecule has 2 heterocycles. The summed E-state index contributed by atoms with van der Waals surface area (Å²) < 4.78 is 2.21. The molecule has 0 spiro atoms. The summed E-state index contributed by atoms with van der Waals surface area (Å²) >= 11 is 12.3. The van der Waals surface area contributed by atoms with Crippen LogP contribution in [0.1, 0.15) is 29.9 Å². The standard InChI is InChI=1S/C14H14Cl2N2O/c1-2-9-6-17-12-5-8(7-18(9)12)13-11(19)4-3-10(15)14(13)16/h3-4,6,8,19H,2,5,7H2,1H3. The second kappa shape index (κ2) is 4.73. The van der Waals surface area contributed by atoms with Gasteiger partial charge >= 0.3 is 0 Å². The van der Waals surface area contributed by atoms with Crippen molar-refractivity contribution in [3.8, 4) is 5.75 Å². The lowest BCUT2D eigenvalue weighted by molar-refractivity contribution is 0.459. The number of phenolic OH excluding ortho intramolecular Hbond substituents is 1. The predicted molar refractivity (Wildman–Crippen MR) is 76.2 cm³/mol. The Balaban J connectivity index is 1.99. The van der Waals surface area contributed by atoms with E-state index in [1.807, 2.05) is 6.20 Å². The summed E-state index contributed by atoms with van der Waals surface area (Å²) in [5.41, 5.74) is 1.96. The van der Waals surface area contributed by atoms with E-state index < -0.39 is 0 Å². The van der Waals surface area contributed by atoms with Gasteiger partial charge in [0.1, 0.15) is 11.6 Å². The average molecular weight is 297 g/mol. The summed E-state index contributed by atoms with van der Waals surface area (Å²) in [6.45, 7) is 2.91. The van der Waals surface area contributed by atoms with Gasteiger partial charge in [0.25, 0.3) is 0 Å². The van der Waals surface area contributed by atoms with E-state index >= 15 is 0 Å². The molecule has 1 aliphatic rings. The number of hydrogen-bond acceptors (Lipinski definition) is 2. The van der Waals surface area contributed by atoms with E-state index in [0.717, 1.165) is 30.8 Å². The van der Waals surface area contributed by atoms with E-state index in [9.17, 15) is 5.11 Å². The van der Waals surface area contributed by atoms with Crippen LogP contribution < -0.4 is 0 Å². The van der Waals surface area contributed by atoms with Crippen LogP contribution in [0.3, 0.4) is 0 Å². The molecule has 3 nitrogen and oxygen atoms in total. The van der Waals surface area contributed by atoms with Crippen molar-refractivity contribution < 1.29 is 5.11 Å². The number of rotatable bonds is 2. The van der Waals surface area contributed by atoms with Crippen molar-refractivity contribution in [2.45, 2.75) is 32.2 Å². The predicted octanol–water partition coefficient (Wildman–Crippen LogP) is 3.80. The Morgan fingerprint density at radius 1 is 1.42 bits per heavy atom. The lowest BCUT2D eigenvalue weighted by Crippen LogP contribution is -2.04. The number of halogens is 2. The molecule has 1 aromatic carbocycles. The molecule has 5 heteroatoms. The summed E-state index contributed by atoms with van der Waals surface area (Å²) in [6, 6.07) is 3.22. The first-order valence-corrected chi connectivity index (χ1v) is 7.07. The number of aromatic nitrogens is 2. The molecular weight excluding hydrogens is 283 g/mol. The minimum atomic E-state index is 0.139. The largest absolute Gasteiger partial charge is 0.508 e. The first kappa shape index (κ1) is 12.8. The van der Waals surface area contributed by atoms with Gasteiger partial charge in [-0.2, -0.15) is 0 Å². The molecule has 100 valence electrons. The average Bonchev–Trinajstić information content (AvgIpc) is 2.94. The van der Waals surface area contributed by atoms with Crippen LogP contribution in [0.4, 0.5) is 0 Å². The second-order valence-electron chi connectivity index (χ2n) is 4.83. The van der Waals surface area contributed by atoms with Crippen molar-refractivity contribution in [3.63, 3.8) is 0 Å². The molecule has 1 aromatic heterocycles. The van der Waals surface area contributed by atoms with Crippen LogP contribution in [0.15, 0.2) is 18.3 Å². The first-order valence-electron chi connectivity index (χ1n) is 6.32. The fraction of sp³-hybridized carbons (Fsp3) is 0.357. The van der Waals surface area contributed by atoms with Crippen LogP contribution in [0.2, 0.25) is 10.0 Å². The lowest BCUT2D eigenvalue weighted by atomic mass is 9.96. The van der Waals surface area contributed by atoms with Crippen LogP contribution in [0.5, 0.6) is 5.75 Å². The van der Waals surface area contributed by atoms with E-state index in [0.29, 0.717) is 10.0 Å². The van der Waals surface area contributed by atoms with E-state index in [-0.39, 0.29) is 11.7 Å². The van der Waals surface area contributed by atoms with Gasteiger partial charge in [0.05, 0.1) is 10.0 Å². The number of hydrogen-bond donors (Lipinski definition) is 1. The normalized spacial score (nSPS) is 17.7. The quantitative estimate of drug-likeness (QED) is 0.915. The molecule has 1 N–H and O–H groups in total. The summed E-state index contributed by atoms with van der Waals surface area (Å²) in [6.07, 6.45) is 3.66. The summed E-state index contributed by atoms with van der Waals surface area (Å²) in [5, 5.41) is 11.0. The van der Waals surface area contributed by atoms with Crippen LogP contribution in [0, 0.1) is 0 Å². The van der Waals surface area contributed by atoms with Gasteiger partial charge in [-0.05, 0) is 18.6 Å². The Kier molecular flexibility index (Phi) is 3.19. The number of phenols is 1. The van der Waals surface area contributed by atoms with Crippen molar-refractivity contribution >= 4 is 23.2 Å². The molecule has 1 aliphatic heterocycles. The number of aryl methyl sites for hydroxylation is 1. The summed E-state index contributed by atoms with van der Waals surface area (Å²) in [7, 11) is 0. The highest BCUT2D eigenvalue weighted by Gasteiger charge is 2.29. The smallest absolute Gasteiger partial charge is 0.120 e. The fourth-order valence-corrected chi connectivity index (χ4v) is 3.24. The molecule has 19 heavy (non-hydrogen) atoms. The molecule has 1 atom stereocenters. The van der Waals surface area contributed by atoms with Crippen molar-refractivity contribution in [1.82, 2.24) is 9.55 Å². The molecule has 0 fully saturated rings. The Morgan fingerprint density at radius 2 is 2.21 bits per heavy atom. The molecule has 0 saturated carbocycles. The highest BCUT2D eigenvalue weighted by molar-refractivity contribution is 6.42. The molecule has 0 bridgehead atoms. The maximum atomic E-state index is 10.0. The van der Waals surface area contributed by atoms with Gasteiger partial charge in [0.15, 0.2) is 0 Å². The fourth-order valence-electron chi connectivity index (χ4n) is 2.77. The first-order chi connectivity index (χ1) is 9.11. The van der Waals surface area contributed by atoms with Gasteiger partial charge in [-0.15, -0.1) is 0 Å². The second-order valence-corrected chi connectivity index (χ2v) is 5.61. The third kappa shape index (κ3) is 2.01. The minimum Gasteiger partial charge on any atom is -0.508 e. The molecule has 3 rings (SSSR count). The Labute approximate surface area is 121 Å². The highest BCUT2D eigenvalue weighted by atomic mass is 35.5. The van der Waals surface area contributed by atoms with Gasteiger partial charge in [0, 0.05) is 36.3 Å². The monoisotopic (exact) mass is 296 g/mol. The maximum absolute atomic E-state index is 10.0. The Bertz CT molecular complexity index is 637. The Morgan fingerprint density at radius 3 is 2.95 bits per heavy atom. The molecule has 0 saturated heterocycles. The number of imidazole rings is 1. The highest BCUT2D eigenvalue weighted by Crippen LogP contribution is 2.41. The summed E-state index contributed by atoms with van der Waals surface area (Å²) in [4.78, 5) is 4.43. The molecule has 0 radical (unpaired) electrons. The van der Waals surface area contributed by atoms with Crippen LogP contribution >= 0.6 is 23.2 Å². The van der Waals surface area contributed by atoms with E-state index in [2.05, 4.69) is 16.5 Å². The van der Waals surface area contributed by atoms with Gasteiger partial charge < -0.3 is 9.67 Å². The third-order valence-electron chi connectivity index (χ3n) is 3.73. The third-order valence-corrected chi connectivity index (χ3v) is 4.55. The molecule has 1 unspecified atom stereocenters. The molecule has 0 amide bonds. The van der Waals surface area contributed by atoms with Crippen molar-refractivity contribution in [2.24, 2.45) is 0 Å². The van der Waals surface area contributed by atoms with E-state index in [1.165, 1.54) is 5.69 Å². The lowest BCUT2D eigenvalue weighted by Gasteiger charge is -2.15. The van der Waals surface area contributed by atoms with Crippen molar-refractivity contribution in [3.05, 3.63) is 45.5 Å². The van der Waals surface area contributed by atoms with Gasteiger partial charge in [-0.1, -0.05) is 30.1 Å². The van der Waals surface area contributed by atoms with E-state index in [1.54, 1.807) is 12.1 Å². The zero-order valence-electron chi connectivity index (χ0n) is 10.5. The maximum Gasteiger partial charge on any atom is 0.120 e. The molecule has 2 aromatic rings. The Hall–Kier alpha value is -1.19. The number of benzene rings is 1. The van der Waals surface area contributed by atoms with Gasteiger partial charge in [-0.3, -0.25) is 0 Å². The number of aromatic hydroxyl groups is 1. The molecular formula is C14H14Cl2N2O.